The molecule has 1 fully saturated rings. The Bertz CT molecular complexity index is 3430. The van der Waals surface area contributed by atoms with Gasteiger partial charge in [-0.1, -0.05) is 51.6 Å². The number of hydrogen-bond acceptors (Lipinski definition) is 24. The molecule has 15 N–H and O–H groups in total. The minimum absolute atomic E-state index is 0.0332. The van der Waals surface area contributed by atoms with E-state index in [1.54, 1.807) is 13.8 Å². The Labute approximate surface area is 437 Å². The summed E-state index contributed by atoms with van der Waals surface area (Å²) < 4.78 is 134. The van der Waals surface area contributed by atoms with Crippen molar-refractivity contribution in [3.05, 3.63) is 97.6 Å². The average Bonchev–Trinajstić information content (AvgIpc) is 3.70. The molecule has 2 aromatic carbocycles. The highest BCUT2D eigenvalue weighted by molar-refractivity contribution is 8.77. The molecule has 0 radical (unpaired) electrons. The smallest absolute Gasteiger partial charge is 0.478 e. The predicted octanol–water partition coefficient (Wildman–Crippen LogP) is 1.99. The minimum atomic E-state index is -5.81. The number of ether oxygens (including phenoxy) is 3. The monoisotopic (exact) mass is 1200 g/mol. The lowest BCUT2D eigenvalue weighted by atomic mass is 9.74. The van der Waals surface area contributed by atoms with Crippen LogP contribution in [0.2, 0.25) is 0 Å². The standard InChI is InChI=1S/C38H44N7O24P3S4/c1-38(2,74-73-17-63-11-3-4-19-14-45(37(49)44-34(19)41)28-13-26(67-42)27(65-28)15-64-71(53,54)69-72(55,56)68-70(50,51)52)16-43-35(46)18-5-6-20(23(12-18)36(47)48)29-21-7-9-24(39)32(75(57,58)59)30(21)66-31-22(29)8-10-25(40)33(31)76(60,61)62/h5-10,12,14,21,26-29,39H,11,13,15-17,40,42H2,1-2H3,(H,43,46)(H,47,48)(H,53,54)(H,55,56)(H2,41,44,49)(H2,50,51,52)(H,57,58,59)(H,60,61,62)/t21?,26?,27-,28-,29?/m1/s1. The van der Waals surface area contributed by atoms with Gasteiger partial charge in [0.1, 0.15) is 42.6 Å². The van der Waals surface area contributed by atoms with Crippen LogP contribution in [0.15, 0.2) is 69.0 Å². The Morgan fingerprint density at radius 1 is 1.03 bits per heavy atom. The average molecular weight is 1200 g/mol. The maximum Gasteiger partial charge on any atom is 0.490 e. The molecule has 0 saturated carbocycles. The molecule has 2 aliphatic heterocycles. The van der Waals surface area contributed by atoms with E-state index in [9.17, 15) is 68.9 Å². The third kappa shape index (κ3) is 14.8. The first-order chi connectivity index (χ1) is 35.1. The van der Waals surface area contributed by atoms with E-state index in [4.69, 9.17) is 51.6 Å². The summed E-state index contributed by atoms with van der Waals surface area (Å²) in [5.74, 6) is 4.34. The molecule has 1 aliphatic carbocycles. The van der Waals surface area contributed by atoms with Gasteiger partial charge in [-0.2, -0.15) is 30.4 Å². The van der Waals surface area contributed by atoms with Crippen molar-refractivity contribution in [3.8, 4) is 17.6 Å². The number of aromatic carboxylic acids is 1. The number of nitrogens with zero attached hydrogens (tertiary/aromatic N) is 2. The van der Waals surface area contributed by atoms with E-state index in [1.807, 2.05) is 0 Å². The van der Waals surface area contributed by atoms with Crippen LogP contribution in [0.25, 0.3) is 0 Å². The Hall–Kier alpha value is -4.86. The third-order valence-electron chi connectivity index (χ3n) is 10.7. The van der Waals surface area contributed by atoms with Gasteiger partial charge in [-0.15, -0.1) is 0 Å². The number of nitrogens with two attached hydrogens (primary N) is 3. The maximum absolute atomic E-state index is 13.5. The van der Waals surface area contributed by atoms with Crippen LogP contribution in [0.5, 0.6) is 5.75 Å². The summed E-state index contributed by atoms with van der Waals surface area (Å²) in [6.07, 6.45) is -0.377. The summed E-state index contributed by atoms with van der Waals surface area (Å²) in [5.41, 5.74) is 8.89. The number of fused-ring (bicyclic) bond motifs is 2. The van der Waals surface area contributed by atoms with Gasteiger partial charge in [0.15, 0.2) is 15.6 Å². The molecular formula is C38H44N7O24P3S4. The molecule has 7 atom stereocenters. The molecule has 76 heavy (non-hydrogen) atoms. The van der Waals surface area contributed by atoms with E-state index in [0.29, 0.717) is 0 Å². The third-order valence-corrected chi connectivity index (χ3v) is 19.3. The zero-order valence-electron chi connectivity index (χ0n) is 38.7. The van der Waals surface area contributed by atoms with E-state index >= 15 is 0 Å². The lowest BCUT2D eigenvalue weighted by Crippen LogP contribution is -2.36. The number of carbonyl (C=O) groups excluding carboxylic acids is 1. The summed E-state index contributed by atoms with van der Waals surface area (Å²) in [6.45, 7) is 2.51. The van der Waals surface area contributed by atoms with E-state index in [1.165, 1.54) is 52.1 Å². The number of phosphoric acid groups is 3. The zero-order chi connectivity index (χ0) is 56.5. The number of anilines is 2. The molecule has 1 amide bonds. The van der Waals surface area contributed by atoms with Crippen LogP contribution in [0.3, 0.4) is 0 Å². The maximum atomic E-state index is 13.5. The predicted molar refractivity (Wildman–Crippen MR) is 265 cm³/mol. The van der Waals surface area contributed by atoms with Gasteiger partial charge in [0, 0.05) is 46.9 Å². The second kappa shape index (κ2) is 23.2. The number of carbonyl (C=O) groups is 2. The van der Waals surface area contributed by atoms with Crippen molar-refractivity contribution in [2.24, 2.45) is 11.8 Å². The van der Waals surface area contributed by atoms with Gasteiger partial charge in [0.2, 0.25) is 0 Å². The molecule has 1 aromatic heterocycles. The number of phosphoric ester groups is 1. The molecule has 3 aliphatic rings. The molecule has 6 rings (SSSR count). The van der Waals surface area contributed by atoms with Crippen molar-refractivity contribution >= 4 is 94.4 Å². The number of benzene rings is 2. The number of allylic oxidation sites excluding steroid dienone is 3. The fraction of sp³-hybridized carbons (Fsp3) is 0.342. The van der Waals surface area contributed by atoms with E-state index in [2.05, 4.69) is 35.3 Å². The zero-order valence-corrected chi connectivity index (χ0v) is 44.7. The summed E-state index contributed by atoms with van der Waals surface area (Å²) in [7, 11) is -24.9. The minimum Gasteiger partial charge on any atom is -0.478 e. The highest BCUT2D eigenvalue weighted by Gasteiger charge is 2.46. The SMILES string of the molecule is CC(C)(CNC(=O)c1ccc(C2c3ccc(N)c(S(=O)(=O)O)c3OC3=C(S(=O)(=O)O)C(=N)C=CC32)c(C(=O)O)c1)SSCOCC#Cc1cn([C@H]2CC(ON)[C@@H](COP(=O)(O)OP(=O)(O)OP(=O)(O)O)O2)c(=O)nc1N. The first-order valence-electron chi connectivity index (χ1n) is 20.9. The van der Waals surface area contributed by atoms with Gasteiger partial charge < -0.3 is 55.7 Å². The number of amides is 1. The van der Waals surface area contributed by atoms with Crippen molar-refractivity contribution in [3.63, 3.8) is 0 Å². The van der Waals surface area contributed by atoms with Gasteiger partial charge in [0.05, 0.1) is 29.1 Å². The van der Waals surface area contributed by atoms with Gasteiger partial charge in [-0.3, -0.25) is 33.2 Å². The lowest BCUT2D eigenvalue weighted by Gasteiger charge is -2.37. The van der Waals surface area contributed by atoms with Crippen molar-refractivity contribution in [1.29, 1.82) is 5.41 Å². The van der Waals surface area contributed by atoms with Crippen LogP contribution in [-0.2, 0) is 61.4 Å². The Morgan fingerprint density at radius 2 is 1.71 bits per heavy atom. The molecule has 31 nitrogen and oxygen atoms in total. The van der Waals surface area contributed by atoms with E-state index < -0.39 is 141 Å². The summed E-state index contributed by atoms with van der Waals surface area (Å²) in [5, 5.41) is 21.4. The number of carboxylic acids is 1. The van der Waals surface area contributed by atoms with Crippen molar-refractivity contribution in [2.75, 3.05) is 37.2 Å². The number of nitrogens with one attached hydrogen (secondary N) is 2. The lowest BCUT2D eigenvalue weighted by molar-refractivity contribution is -0.0618. The van der Waals surface area contributed by atoms with Crippen molar-refractivity contribution in [2.45, 2.75) is 54.3 Å². The Balaban J connectivity index is 1.06. The normalized spacial score (nSPS) is 21.3. The highest BCUT2D eigenvalue weighted by atomic mass is 33.1. The van der Waals surface area contributed by atoms with Crippen LogP contribution in [0.1, 0.15) is 69.8 Å². The molecule has 0 spiro atoms. The second-order valence-corrected chi connectivity index (χ2v) is 26.7. The van der Waals surface area contributed by atoms with Crippen LogP contribution >= 0.6 is 45.1 Å². The second-order valence-electron chi connectivity index (χ2n) is 16.6. The number of hydrogen-bond donors (Lipinski definition) is 12. The molecule has 5 unspecified atom stereocenters. The Morgan fingerprint density at radius 3 is 2.34 bits per heavy atom. The fourth-order valence-electron chi connectivity index (χ4n) is 7.60. The van der Waals surface area contributed by atoms with Gasteiger partial charge >= 0.3 is 35.1 Å². The fourth-order valence-corrected chi connectivity index (χ4v) is 14.3. The van der Waals surface area contributed by atoms with Gasteiger partial charge in [0.25, 0.3) is 26.1 Å². The van der Waals surface area contributed by atoms with E-state index in [0.717, 1.165) is 22.8 Å². The van der Waals surface area contributed by atoms with E-state index in [-0.39, 0.29) is 53.6 Å². The van der Waals surface area contributed by atoms with Gasteiger partial charge in [-0.05, 0) is 43.7 Å². The largest absolute Gasteiger partial charge is 0.490 e. The molecular weight excluding hydrogens is 1160 g/mol. The summed E-state index contributed by atoms with van der Waals surface area (Å²) in [4.78, 5) is 82.2. The van der Waals surface area contributed by atoms with Crippen LogP contribution in [0.4, 0.5) is 11.5 Å². The number of carboxylic acid groups (broad SMARTS) is 1. The summed E-state index contributed by atoms with van der Waals surface area (Å²) in [6, 6.07) is 5.95. The topological polar surface area (TPSA) is 509 Å². The summed E-state index contributed by atoms with van der Waals surface area (Å²) >= 11 is 0. The highest BCUT2D eigenvalue weighted by Crippen LogP contribution is 2.66. The molecule has 1 saturated heterocycles. The van der Waals surface area contributed by atoms with Crippen molar-refractivity contribution < 1.29 is 106 Å². The quantitative estimate of drug-likeness (QED) is 0.0106. The molecule has 3 aromatic rings. The number of aromatic nitrogens is 2. The van der Waals surface area contributed by atoms with Crippen molar-refractivity contribution in [1.82, 2.24) is 14.9 Å². The van der Waals surface area contributed by atoms with Crippen LogP contribution in [0, 0.1) is 23.2 Å². The first-order valence-corrected chi connectivity index (χ1v) is 30.6. The van der Waals surface area contributed by atoms with Crippen LogP contribution in [-0.4, -0.2) is 120 Å². The number of rotatable bonds is 21. The molecule has 3 heterocycles. The Kier molecular flexibility index (Phi) is 18.5. The molecule has 38 heteroatoms. The number of nitrogen functional groups attached to an aromatic ring is 2. The van der Waals surface area contributed by atoms with Crippen LogP contribution < -0.4 is 33.1 Å². The molecule has 0 bridgehead atoms. The first kappa shape index (κ1) is 60.4. The molecule has 414 valence electrons. The van der Waals surface area contributed by atoms with Gasteiger partial charge in [-0.25, -0.2) is 29.2 Å².